The van der Waals surface area contributed by atoms with Gasteiger partial charge in [-0.05, 0) is 36.1 Å². The van der Waals surface area contributed by atoms with Gasteiger partial charge < -0.3 is 9.47 Å². The summed E-state index contributed by atoms with van der Waals surface area (Å²) in [6, 6.07) is 6.83. The summed E-state index contributed by atoms with van der Waals surface area (Å²) in [5.74, 6) is -0.277. The molecule has 4 nitrogen and oxygen atoms in total. The lowest BCUT2D eigenvalue weighted by Gasteiger charge is -2.13. The van der Waals surface area contributed by atoms with Crippen LogP contribution in [0.15, 0.2) is 30.3 Å². The second kappa shape index (κ2) is 10.6. The number of benzene rings is 1. The third kappa shape index (κ3) is 7.13. The maximum atomic E-state index is 11.7. The maximum Gasteiger partial charge on any atom is 0.337 e. The third-order valence-electron chi connectivity index (χ3n) is 3.75. The Hall–Kier alpha value is -2.10. The highest BCUT2D eigenvalue weighted by atomic mass is 16.5. The number of carbonyl (C=O) groups excluding carboxylic acids is 2. The minimum absolute atomic E-state index is 0.336. The van der Waals surface area contributed by atoms with Crippen LogP contribution in [0, 0.1) is 5.92 Å². The molecule has 0 saturated carbocycles. The number of hydrogen-bond donors (Lipinski definition) is 0. The first kappa shape index (κ1) is 18.9. The van der Waals surface area contributed by atoms with Crippen LogP contribution < -0.4 is 0 Å². The van der Waals surface area contributed by atoms with Crippen molar-refractivity contribution in [3.63, 3.8) is 0 Å². The average molecular weight is 318 g/mol. The zero-order chi connectivity index (χ0) is 17.1. The highest BCUT2D eigenvalue weighted by molar-refractivity contribution is 5.90. The first-order valence-corrected chi connectivity index (χ1v) is 8.13. The number of rotatable bonds is 9. The Kier molecular flexibility index (Phi) is 8.73. The fourth-order valence-electron chi connectivity index (χ4n) is 2.16. The Morgan fingerprint density at radius 2 is 1.87 bits per heavy atom. The molecule has 0 heterocycles. The normalized spacial score (nSPS) is 12.1. The summed E-state index contributed by atoms with van der Waals surface area (Å²) >= 11 is 0. The molecular formula is C19H26O4. The minimum atomic E-state index is -0.377. The monoisotopic (exact) mass is 318 g/mol. The molecule has 1 aromatic carbocycles. The van der Waals surface area contributed by atoms with Gasteiger partial charge in [0.05, 0.1) is 19.3 Å². The van der Waals surface area contributed by atoms with E-state index in [2.05, 4.69) is 18.6 Å². The molecule has 4 heteroatoms. The summed E-state index contributed by atoms with van der Waals surface area (Å²) < 4.78 is 9.93. The summed E-state index contributed by atoms with van der Waals surface area (Å²) in [4.78, 5) is 23.1. The predicted molar refractivity (Wildman–Crippen MR) is 91.1 cm³/mol. The molecule has 23 heavy (non-hydrogen) atoms. The van der Waals surface area contributed by atoms with E-state index in [-0.39, 0.29) is 11.9 Å². The quantitative estimate of drug-likeness (QED) is 0.504. The lowest BCUT2D eigenvalue weighted by Crippen LogP contribution is -2.12. The molecule has 0 spiro atoms. The number of esters is 2. The smallest absolute Gasteiger partial charge is 0.337 e. The van der Waals surface area contributed by atoms with Crippen LogP contribution in [-0.4, -0.2) is 25.7 Å². The van der Waals surface area contributed by atoms with Gasteiger partial charge in [-0.2, -0.15) is 0 Å². The molecule has 0 aliphatic heterocycles. The molecule has 0 saturated heterocycles. The Morgan fingerprint density at radius 1 is 1.17 bits per heavy atom. The summed E-state index contributed by atoms with van der Waals surface area (Å²) in [5.41, 5.74) is 1.31. The zero-order valence-electron chi connectivity index (χ0n) is 14.2. The number of methoxy groups -OCH3 is 1. The van der Waals surface area contributed by atoms with Crippen molar-refractivity contribution < 1.29 is 19.1 Å². The van der Waals surface area contributed by atoms with Crippen LogP contribution in [0.25, 0.3) is 6.08 Å². The summed E-state index contributed by atoms with van der Waals surface area (Å²) in [6.07, 6.45) is 7.53. The van der Waals surface area contributed by atoms with Gasteiger partial charge in [-0.3, -0.25) is 0 Å². The van der Waals surface area contributed by atoms with Crippen LogP contribution in [0.5, 0.6) is 0 Å². The van der Waals surface area contributed by atoms with E-state index in [0.717, 1.165) is 24.8 Å². The van der Waals surface area contributed by atoms with Crippen molar-refractivity contribution >= 4 is 18.0 Å². The first-order valence-electron chi connectivity index (χ1n) is 8.13. The summed E-state index contributed by atoms with van der Waals surface area (Å²) in [6.45, 7) is 4.75. The lowest BCUT2D eigenvalue weighted by molar-refractivity contribution is -0.139. The van der Waals surface area contributed by atoms with Crippen LogP contribution in [0.1, 0.15) is 55.5 Å². The minimum Gasteiger partial charge on any atom is -0.465 e. The first-order chi connectivity index (χ1) is 11.1. The highest BCUT2D eigenvalue weighted by Gasteiger charge is 2.08. The Balaban J connectivity index is 2.46. The molecule has 0 aliphatic carbocycles. The Labute approximate surface area is 138 Å². The van der Waals surface area contributed by atoms with Crippen LogP contribution >= 0.6 is 0 Å². The van der Waals surface area contributed by atoms with Crippen LogP contribution in [-0.2, 0) is 14.3 Å². The molecule has 0 radical (unpaired) electrons. The van der Waals surface area contributed by atoms with E-state index in [1.807, 2.05) is 0 Å². The van der Waals surface area contributed by atoms with Crippen LogP contribution in [0.3, 0.4) is 0 Å². The van der Waals surface area contributed by atoms with Gasteiger partial charge in [0.2, 0.25) is 0 Å². The molecule has 1 atom stereocenters. The zero-order valence-corrected chi connectivity index (χ0v) is 14.2. The Bertz CT molecular complexity index is 517. The van der Waals surface area contributed by atoms with E-state index >= 15 is 0 Å². The molecule has 1 aromatic rings. The molecule has 1 unspecified atom stereocenters. The van der Waals surface area contributed by atoms with E-state index in [4.69, 9.17) is 4.74 Å². The standard InChI is InChI=1S/C19H26O4/c1-4-6-7-15(5-2)14-23-18(20)13-10-16-8-11-17(12-9-16)19(21)22-3/h8-13,15H,4-7,14H2,1-3H3. The molecule has 0 aliphatic rings. The topological polar surface area (TPSA) is 52.6 Å². The van der Waals surface area contributed by atoms with Gasteiger partial charge in [-0.25, -0.2) is 9.59 Å². The second-order valence-corrected chi connectivity index (χ2v) is 5.49. The van der Waals surface area contributed by atoms with Crippen molar-refractivity contribution in [1.29, 1.82) is 0 Å². The van der Waals surface area contributed by atoms with E-state index in [1.165, 1.54) is 19.6 Å². The van der Waals surface area contributed by atoms with Gasteiger partial charge in [0.25, 0.3) is 0 Å². The van der Waals surface area contributed by atoms with E-state index in [1.54, 1.807) is 30.3 Å². The molecule has 0 fully saturated rings. The molecule has 0 aromatic heterocycles. The summed E-state index contributed by atoms with van der Waals surface area (Å²) in [5, 5.41) is 0. The van der Waals surface area contributed by atoms with Crippen LogP contribution in [0.2, 0.25) is 0 Å². The Morgan fingerprint density at radius 3 is 2.43 bits per heavy atom. The number of hydrogen-bond acceptors (Lipinski definition) is 4. The van der Waals surface area contributed by atoms with Gasteiger partial charge in [0.1, 0.15) is 0 Å². The average Bonchev–Trinajstić information content (AvgIpc) is 2.59. The molecule has 126 valence electrons. The van der Waals surface area contributed by atoms with Crippen molar-refractivity contribution in [3.05, 3.63) is 41.5 Å². The van der Waals surface area contributed by atoms with E-state index < -0.39 is 0 Å². The van der Waals surface area contributed by atoms with Gasteiger partial charge in [-0.15, -0.1) is 0 Å². The third-order valence-corrected chi connectivity index (χ3v) is 3.75. The highest BCUT2D eigenvalue weighted by Crippen LogP contribution is 2.13. The van der Waals surface area contributed by atoms with Crippen molar-refractivity contribution in [1.82, 2.24) is 0 Å². The fraction of sp³-hybridized carbons (Fsp3) is 0.474. The fourth-order valence-corrected chi connectivity index (χ4v) is 2.16. The summed E-state index contributed by atoms with van der Waals surface area (Å²) in [7, 11) is 1.34. The van der Waals surface area contributed by atoms with Gasteiger partial charge in [-0.1, -0.05) is 45.2 Å². The largest absolute Gasteiger partial charge is 0.465 e. The van der Waals surface area contributed by atoms with Gasteiger partial charge in [0.15, 0.2) is 0 Å². The number of unbranched alkanes of at least 4 members (excludes halogenated alkanes) is 1. The molecule has 0 N–H and O–H groups in total. The lowest BCUT2D eigenvalue weighted by atomic mass is 10.0. The predicted octanol–water partition coefficient (Wildman–Crippen LogP) is 4.25. The van der Waals surface area contributed by atoms with E-state index in [9.17, 15) is 9.59 Å². The SMILES string of the molecule is CCCCC(CC)COC(=O)C=Cc1ccc(C(=O)OC)cc1. The van der Waals surface area contributed by atoms with Gasteiger partial charge >= 0.3 is 11.9 Å². The molecule has 0 bridgehead atoms. The van der Waals surface area contributed by atoms with Crippen molar-refractivity contribution in [2.45, 2.75) is 39.5 Å². The maximum absolute atomic E-state index is 11.7. The van der Waals surface area contributed by atoms with E-state index in [0.29, 0.717) is 18.1 Å². The molecule has 0 amide bonds. The molecular weight excluding hydrogens is 292 g/mol. The second-order valence-electron chi connectivity index (χ2n) is 5.49. The van der Waals surface area contributed by atoms with Gasteiger partial charge in [0, 0.05) is 6.08 Å². The van der Waals surface area contributed by atoms with Crippen molar-refractivity contribution in [2.24, 2.45) is 5.92 Å². The van der Waals surface area contributed by atoms with Crippen molar-refractivity contribution in [3.8, 4) is 0 Å². The van der Waals surface area contributed by atoms with Crippen LogP contribution in [0.4, 0.5) is 0 Å². The number of ether oxygens (including phenoxy) is 2. The van der Waals surface area contributed by atoms with Crippen molar-refractivity contribution in [2.75, 3.05) is 13.7 Å². The molecule has 1 rings (SSSR count). The number of carbonyl (C=O) groups is 2.